The molecule has 0 spiro atoms. The van der Waals surface area contributed by atoms with E-state index in [2.05, 4.69) is 5.32 Å². The van der Waals surface area contributed by atoms with E-state index >= 15 is 0 Å². The molecule has 0 bridgehead atoms. The lowest BCUT2D eigenvalue weighted by Gasteiger charge is -2.36. The van der Waals surface area contributed by atoms with Gasteiger partial charge in [-0.25, -0.2) is 0 Å². The number of hydrogen-bond acceptors (Lipinski definition) is 3. The Morgan fingerprint density at radius 1 is 1.38 bits per heavy atom. The zero-order valence-corrected chi connectivity index (χ0v) is 12.5. The van der Waals surface area contributed by atoms with Crippen LogP contribution in [0.4, 0.5) is 5.69 Å². The molecule has 2 aliphatic rings. The lowest BCUT2D eigenvalue weighted by atomic mass is 9.77. The molecule has 1 unspecified atom stereocenters. The predicted octanol–water partition coefficient (Wildman–Crippen LogP) is 2.81. The summed E-state index contributed by atoms with van der Waals surface area (Å²) in [6.07, 6.45) is 4.20. The van der Waals surface area contributed by atoms with Gasteiger partial charge in [-0.3, -0.25) is 4.79 Å². The Labute approximate surface area is 125 Å². The average Bonchev–Trinajstić information content (AvgIpc) is 2.44. The van der Waals surface area contributed by atoms with Crippen molar-refractivity contribution in [2.75, 3.05) is 11.9 Å². The van der Waals surface area contributed by atoms with Crippen LogP contribution in [0.5, 0.6) is 0 Å². The normalized spacial score (nSPS) is 25.7. The second kappa shape index (κ2) is 6.16. The standard InChI is InChI=1S/C17H23NO3/c1-2-21-14-7-11(8-14)9-16(19)13-3-5-15-12(10-13)4-6-17(20)18-15/h3,5,10-11,14,16,19H,2,4,6-9H2,1H3,(H,18,20). The molecule has 0 radical (unpaired) electrons. The Balaban J connectivity index is 1.58. The van der Waals surface area contributed by atoms with Crippen molar-refractivity contribution < 1.29 is 14.6 Å². The van der Waals surface area contributed by atoms with E-state index in [1.807, 2.05) is 25.1 Å². The van der Waals surface area contributed by atoms with Gasteiger partial charge in [0.1, 0.15) is 0 Å². The summed E-state index contributed by atoms with van der Waals surface area (Å²) in [6.45, 7) is 2.80. The van der Waals surface area contributed by atoms with Crippen LogP contribution in [-0.2, 0) is 16.0 Å². The van der Waals surface area contributed by atoms with Crippen molar-refractivity contribution in [1.82, 2.24) is 0 Å². The van der Waals surface area contributed by atoms with Crippen LogP contribution in [0, 0.1) is 5.92 Å². The van der Waals surface area contributed by atoms with Crippen LogP contribution in [0.3, 0.4) is 0 Å². The van der Waals surface area contributed by atoms with Crippen molar-refractivity contribution in [3.05, 3.63) is 29.3 Å². The smallest absolute Gasteiger partial charge is 0.224 e. The minimum absolute atomic E-state index is 0.0761. The lowest BCUT2D eigenvalue weighted by molar-refractivity contribution is -0.116. The zero-order chi connectivity index (χ0) is 14.8. The maximum absolute atomic E-state index is 11.3. The topological polar surface area (TPSA) is 58.6 Å². The largest absolute Gasteiger partial charge is 0.388 e. The minimum atomic E-state index is -0.416. The number of nitrogens with one attached hydrogen (secondary N) is 1. The summed E-state index contributed by atoms with van der Waals surface area (Å²) in [5.41, 5.74) is 2.99. The maximum Gasteiger partial charge on any atom is 0.224 e. The lowest BCUT2D eigenvalue weighted by Crippen LogP contribution is -2.32. The van der Waals surface area contributed by atoms with Crippen molar-refractivity contribution in [1.29, 1.82) is 0 Å². The van der Waals surface area contributed by atoms with Crippen LogP contribution >= 0.6 is 0 Å². The molecule has 0 saturated heterocycles. The molecular formula is C17H23NO3. The Bertz CT molecular complexity index is 523. The maximum atomic E-state index is 11.3. The first-order chi connectivity index (χ1) is 10.2. The van der Waals surface area contributed by atoms with Gasteiger partial charge in [0.25, 0.3) is 0 Å². The molecule has 114 valence electrons. The van der Waals surface area contributed by atoms with E-state index in [9.17, 15) is 9.90 Å². The van der Waals surface area contributed by atoms with Gasteiger partial charge < -0.3 is 15.2 Å². The van der Waals surface area contributed by atoms with Crippen molar-refractivity contribution >= 4 is 11.6 Å². The first kappa shape index (κ1) is 14.5. The minimum Gasteiger partial charge on any atom is -0.388 e. The van der Waals surface area contributed by atoms with Gasteiger partial charge >= 0.3 is 0 Å². The highest BCUT2D eigenvalue weighted by molar-refractivity contribution is 5.93. The molecule has 21 heavy (non-hydrogen) atoms. The molecule has 1 heterocycles. The van der Waals surface area contributed by atoms with Crippen molar-refractivity contribution in [3.63, 3.8) is 0 Å². The van der Waals surface area contributed by atoms with E-state index < -0.39 is 6.10 Å². The highest BCUT2D eigenvalue weighted by atomic mass is 16.5. The number of ether oxygens (including phenoxy) is 1. The highest BCUT2D eigenvalue weighted by Crippen LogP contribution is 2.37. The van der Waals surface area contributed by atoms with Crippen LogP contribution < -0.4 is 5.32 Å². The quantitative estimate of drug-likeness (QED) is 0.876. The first-order valence-corrected chi connectivity index (χ1v) is 7.88. The first-order valence-electron chi connectivity index (χ1n) is 7.88. The molecule has 3 rings (SSSR count). The van der Waals surface area contributed by atoms with Gasteiger partial charge in [-0.1, -0.05) is 12.1 Å². The molecule has 4 nitrogen and oxygen atoms in total. The van der Waals surface area contributed by atoms with Crippen molar-refractivity contribution in [2.45, 2.75) is 51.2 Å². The van der Waals surface area contributed by atoms with Crippen LogP contribution in [0.1, 0.15) is 49.8 Å². The number of rotatable bonds is 5. The fourth-order valence-electron chi connectivity index (χ4n) is 3.30. The molecule has 2 N–H and O–H groups in total. The number of benzene rings is 1. The SMILES string of the molecule is CCOC1CC(CC(O)c2ccc3c(c2)CCC(=O)N3)C1. The van der Waals surface area contributed by atoms with Crippen LogP contribution in [0.2, 0.25) is 0 Å². The summed E-state index contributed by atoms with van der Waals surface area (Å²) in [5, 5.41) is 13.3. The summed E-state index contributed by atoms with van der Waals surface area (Å²) >= 11 is 0. The summed E-state index contributed by atoms with van der Waals surface area (Å²) in [4.78, 5) is 11.3. The molecule has 1 aromatic rings. The molecule has 1 saturated carbocycles. The Morgan fingerprint density at radius 2 is 2.19 bits per heavy atom. The second-order valence-electron chi connectivity index (χ2n) is 6.13. The number of aryl methyl sites for hydroxylation is 1. The molecule has 1 aromatic carbocycles. The van der Waals surface area contributed by atoms with E-state index in [-0.39, 0.29) is 5.91 Å². The van der Waals surface area contributed by atoms with E-state index in [1.54, 1.807) is 0 Å². The van der Waals surface area contributed by atoms with Crippen LogP contribution in [0.25, 0.3) is 0 Å². The van der Waals surface area contributed by atoms with Gasteiger partial charge in [0.05, 0.1) is 12.2 Å². The second-order valence-corrected chi connectivity index (χ2v) is 6.13. The molecule has 1 amide bonds. The van der Waals surface area contributed by atoms with Crippen LogP contribution in [-0.4, -0.2) is 23.7 Å². The molecule has 1 fully saturated rings. The molecule has 0 aromatic heterocycles. The van der Waals surface area contributed by atoms with Gasteiger partial charge in [0, 0.05) is 18.7 Å². The molecule has 1 atom stereocenters. The predicted molar refractivity (Wildman–Crippen MR) is 81.1 cm³/mol. The van der Waals surface area contributed by atoms with E-state index in [0.717, 1.165) is 49.1 Å². The number of anilines is 1. The zero-order valence-electron chi connectivity index (χ0n) is 12.5. The third-order valence-electron chi connectivity index (χ3n) is 4.56. The Hall–Kier alpha value is -1.39. The van der Waals surface area contributed by atoms with Crippen LogP contribution in [0.15, 0.2) is 18.2 Å². The molecular weight excluding hydrogens is 266 g/mol. The van der Waals surface area contributed by atoms with Gasteiger partial charge in [-0.2, -0.15) is 0 Å². The number of aliphatic hydroxyl groups is 1. The monoisotopic (exact) mass is 289 g/mol. The van der Waals surface area contributed by atoms with Gasteiger partial charge in [0.2, 0.25) is 5.91 Å². The number of hydrogen-bond donors (Lipinski definition) is 2. The summed E-state index contributed by atoms with van der Waals surface area (Å²) in [6, 6.07) is 5.88. The number of carbonyl (C=O) groups excluding carboxylic acids is 1. The van der Waals surface area contributed by atoms with E-state index in [0.29, 0.717) is 18.4 Å². The Morgan fingerprint density at radius 3 is 2.95 bits per heavy atom. The van der Waals surface area contributed by atoms with Crippen molar-refractivity contribution in [3.8, 4) is 0 Å². The van der Waals surface area contributed by atoms with E-state index in [1.165, 1.54) is 0 Å². The molecule has 4 heteroatoms. The van der Waals surface area contributed by atoms with Crippen molar-refractivity contribution in [2.24, 2.45) is 5.92 Å². The van der Waals surface area contributed by atoms with E-state index in [4.69, 9.17) is 4.74 Å². The summed E-state index contributed by atoms with van der Waals surface area (Å²) < 4.78 is 5.56. The third kappa shape index (κ3) is 3.27. The highest BCUT2D eigenvalue weighted by Gasteiger charge is 2.31. The average molecular weight is 289 g/mol. The number of aliphatic hydroxyl groups excluding tert-OH is 1. The number of amides is 1. The van der Waals surface area contributed by atoms with Gasteiger partial charge in [-0.15, -0.1) is 0 Å². The molecule has 1 aliphatic carbocycles. The van der Waals surface area contributed by atoms with Gasteiger partial charge in [0.15, 0.2) is 0 Å². The summed E-state index contributed by atoms with van der Waals surface area (Å²) in [7, 11) is 0. The molecule has 1 aliphatic heterocycles. The summed E-state index contributed by atoms with van der Waals surface area (Å²) in [5.74, 6) is 0.638. The third-order valence-corrected chi connectivity index (χ3v) is 4.56. The fourth-order valence-corrected chi connectivity index (χ4v) is 3.30. The Kier molecular flexibility index (Phi) is 4.27. The number of carbonyl (C=O) groups is 1. The fraction of sp³-hybridized carbons (Fsp3) is 0.588. The van der Waals surface area contributed by atoms with Gasteiger partial charge in [-0.05, 0) is 55.7 Å². The number of fused-ring (bicyclic) bond motifs is 1.